The van der Waals surface area contributed by atoms with Crippen LogP contribution in [0.15, 0.2) is 30.5 Å². The van der Waals surface area contributed by atoms with Gasteiger partial charge in [-0.25, -0.2) is 0 Å². The molecule has 2 aromatic heterocycles. The Bertz CT molecular complexity index is 1010. The average molecular weight is 402 g/mol. The van der Waals surface area contributed by atoms with Crippen LogP contribution < -0.4 is 4.74 Å². The number of carbonyl (C=O) groups is 1. The van der Waals surface area contributed by atoms with Crippen molar-refractivity contribution in [2.24, 2.45) is 0 Å². The SMILES string of the molecule is Cc1cc(Cl)cc(-c2ccnc3cc(CO)sc23)c1OC1CCCCC1=O. The number of pyridine rings is 1. The van der Waals surface area contributed by atoms with Gasteiger partial charge >= 0.3 is 0 Å². The Morgan fingerprint density at radius 2 is 2.15 bits per heavy atom. The number of nitrogens with zero attached hydrogens (tertiary/aromatic N) is 1. The van der Waals surface area contributed by atoms with Crippen molar-refractivity contribution in [3.63, 3.8) is 0 Å². The molecule has 2 heterocycles. The first kappa shape index (κ1) is 18.4. The first-order chi connectivity index (χ1) is 13.1. The maximum absolute atomic E-state index is 12.3. The summed E-state index contributed by atoms with van der Waals surface area (Å²) in [6.07, 6.45) is 4.62. The van der Waals surface area contributed by atoms with Gasteiger partial charge in [0.1, 0.15) is 5.75 Å². The van der Waals surface area contributed by atoms with Crippen LogP contribution in [0.5, 0.6) is 5.75 Å². The van der Waals surface area contributed by atoms with Crippen LogP contribution >= 0.6 is 22.9 Å². The lowest BCUT2D eigenvalue weighted by atomic mass is 9.95. The van der Waals surface area contributed by atoms with Crippen LogP contribution in [0.3, 0.4) is 0 Å². The maximum atomic E-state index is 12.3. The summed E-state index contributed by atoms with van der Waals surface area (Å²) in [5, 5.41) is 10.1. The van der Waals surface area contributed by atoms with Gasteiger partial charge in [0.25, 0.3) is 0 Å². The zero-order chi connectivity index (χ0) is 19.0. The van der Waals surface area contributed by atoms with Gasteiger partial charge in [0.05, 0.1) is 16.8 Å². The van der Waals surface area contributed by atoms with E-state index in [9.17, 15) is 9.90 Å². The molecule has 1 unspecified atom stereocenters. The van der Waals surface area contributed by atoms with Crippen LogP contribution in [0.4, 0.5) is 0 Å². The molecule has 3 aromatic rings. The van der Waals surface area contributed by atoms with Crippen molar-refractivity contribution in [1.29, 1.82) is 0 Å². The number of Topliss-reactive ketones (excluding diaryl/α,β-unsaturated/α-hetero) is 1. The highest BCUT2D eigenvalue weighted by molar-refractivity contribution is 7.19. The largest absolute Gasteiger partial charge is 0.482 e. The Labute approximate surface area is 166 Å². The molecule has 1 aliphatic rings. The molecule has 4 rings (SSSR count). The lowest BCUT2D eigenvalue weighted by molar-refractivity contribution is -0.127. The van der Waals surface area contributed by atoms with Crippen molar-refractivity contribution in [2.45, 2.75) is 45.3 Å². The predicted octanol–water partition coefficient (Wildman–Crippen LogP) is 5.31. The number of hydrogen-bond acceptors (Lipinski definition) is 5. The molecular formula is C21H20ClNO3S. The van der Waals surface area contributed by atoms with E-state index in [1.54, 1.807) is 6.20 Å². The number of thiophene rings is 1. The minimum absolute atomic E-state index is 0.0189. The summed E-state index contributed by atoms with van der Waals surface area (Å²) < 4.78 is 7.22. The van der Waals surface area contributed by atoms with Crippen LogP contribution in [-0.4, -0.2) is 22.0 Å². The van der Waals surface area contributed by atoms with Gasteiger partial charge in [-0.2, -0.15) is 0 Å². The first-order valence-corrected chi connectivity index (χ1v) is 10.2. The second-order valence-electron chi connectivity index (χ2n) is 6.86. The molecular weight excluding hydrogens is 382 g/mol. The maximum Gasteiger partial charge on any atom is 0.173 e. The zero-order valence-corrected chi connectivity index (χ0v) is 16.6. The Hall–Kier alpha value is -1.95. The summed E-state index contributed by atoms with van der Waals surface area (Å²) >= 11 is 7.86. The van der Waals surface area contributed by atoms with Crippen LogP contribution in [0, 0.1) is 6.92 Å². The molecule has 1 fully saturated rings. The van der Waals surface area contributed by atoms with Gasteiger partial charge in [-0.3, -0.25) is 9.78 Å². The number of carbonyl (C=O) groups excluding carboxylic acids is 1. The molecule has 1 saturated carbocycles. The van der Waals surface area contributed by atoms with Crippen molar-refractivity contribution in [1.82, 2.24) is 4.98 Å². The molecule has 1 aromatic carbocycles. The quantitative estimate of drug-likeness (QED) is 0.643. The number of ether oxygens (including phenoxy) is 1. The van der Waals surface area contributed by atoms with Crippen molar-refractivity contribution >= 4 is 38.9 Å². The zero-order valence-electron chi connectivity index (χ0n) is 15.0. The molecule has 0 saturated heterocycles. The molecule has 140 valence electrons. The number of ketones is 1. The fourth-order valence-electron chi connectivity index (χ4n) is 3.58. The van der Waals surface area contributed by atoms with Gasteiger partial charge in [0, 0.05) is 33.6 Å². The molecule has 0 bridgehead atoms. The summed E-state index contributed by atoms with van der Waals surface area (Å²) in [6.45, 7) is 1.93. The molecule has 6 heteroatoms. The van der Waals surface area contributed by atoms with E-state index in [0.29, 0.717) is 17.2 Å². The Kier molecular flexibility index (Phi) is 5.17. The van der Waals surface area contributed by atoms with Gasteiger partial charge in [-0.1, -0.05) is 11.6 Å². The minimum Gasteiger partial charge on any atom is -0.482 e. The van der Waals surface area contributed by atoms with Gasteiger partial charge in [-0.05, 0) is 56.0 Å². The number of aryl methyl sites for hydroxylation is 1. The number of benzene rings is 1. The van der Waals surface area contributed by atoms with Gasteiger partial charge in [0.2, 0.25) is 0 Å². The number of halogens is 1. The molecule has 0 aliphatic heterocycles. The number of hydrogen-bond donors (Lipinski definition) is 1. The highest BCUT2D eigenvalue weighted by atomic mass is 35.5. The molecule has 27 heavy (non-hydrogen) atoms. The third-order valence-electron chi connectivity index (χ3n) is 4.91. The smallest absolute Gasteiger partial charge is 0.173 e. The first-order valence-electron chi connectivity index (χ1n) is 9.05. The molecule has 0 spiro atoms. The highest BCUT2D eigenvalue weighted by Crippen LogP contribution is 2.42. The normalized spacial score (nSPS) is 17.4. The fraction of sp³-hybridized carbons (Fsp3) is 0.333. The minimum atomic E-state index is -0.397. The third kappa shape index (κ3) is 3.59. The molecule has 0 radical (unpaired) electrons. The van der Waals surface area contributed by atoms with E-state index in [4.69, 9.17) is 16.3 Å². The number of fused-ring (bicyclic) bond motifs is 1. The third-order valence-corrected chi connectivity index (χ3v) is 6.27. The van der Waals surface area contributed by atoms with E-state index in [2.05, 4.69) is 4.98 Å². The standard InChI is InChI=1S/C21H20ClNO3S/c1-12-8-13(22)9-16(20(12)26-19-5-3-2-4-18(19)25)15-6-7-23-17-10-14(11-24)27-21(15)17/h6-10,19,24H,2-5,11H2,1H3. The molecule has 0 amide bonds. The summed E-state index contributed by atoms with van der Waals surface area (Å²) in [4.78, 5) is 17.6. The highest BCUT2D eigenvalue weighted by Gasteiger charge is 2.26. The summed E-state index contributed by atoms with van der Waals surface area (Å²) in [7, 11) is 0. The van der Waals surface area contributed by atoms with Crippen LogP contribution in [-0.2, 0) is 11.4 Å². The lowest BCUT2D eigenvalue weighted by Gasteiger charge is -2.24. The van der Waals surface area contributed by atoms with E-state index in [-0.39, 0.29) is 12.4 Å². The van der Waals surface area contributed by atoms with Crippen molar-refractivity contribution in [3.05, 3.63) is 45.9 Å². The van der Waals surface area contributed by atoms with Crippen LogP contribution in [0.1, 0.15) is 36.1 Å². The number of aliphatic hydroxyl groups excluding tert-OH is 1. The van der Waals surface area contributed by atoms with Gasteiger partial charge < -0.3 is 9.84 Å². The van der Waals surface area contributed by atoms with E-state index in [1.165, 1.54) is 11.3 Å². The molecule has 4 nitrogen and oxygen atoms in total. The lowest BCUT2D eigenvalue weighted by Crippen LogP contribution is -2.30. The fourth-order valence-corrected chi connectivity index (χ4v) is 4.86. The second-order valence-corrected chi connectivity index (χ2v) is 8.43. The van der Waals surface area contributed by atoms with Crippen molar-refractivity contribution in [2.75, 3.05) is 0 Å². The Morgan fingerprint density at radius 1 is 1.30 bits per heavy atom. The molecule has 1 N–H and O–H groups in total. The number of aromatic nitrogens is 1. The van der Waals surface area contributed by atoms with E-state index in [1.807, 2.05) is 31.2 Å². The second kappa shape index (κ2) is 7.58. The van der Waals surface area contributed by atoms with E-state index < -0.39 is 6.10 Å². The Morgan fingerprint density at radius 3 is 2.93 bits per heavy atom. The van der Waals surface area contributed by atoms with Crippen LogP contribution in [0.2, 0.25) is 5.02 Å². The van der Waals surface area contributed by atoms with E-state index >= 15 is 0 Å². The predicted molar refractivity (Wildman–Crippen MR) is 109 cm³/mol. The van der Waals surface area contributed by atoms with Gasteiger partial charge in [-0.15, -0.1) is 11.3 Å². The number of rotatable bonds is 4. The van der Waals surface area contributed by atoms with E-state index in [0.717, 1.165) is 51.0 Å². The topological polar surface area (TPSA) is 59.4 Å². The monoisotopic (exact) mass is 401 g/mol. The summed E-state index contributed by atoms with van der Waals surface area (Å²) in [6, 6.07) is 7.57. The number of aliphatic hydroxyl groups is 1. The van der Waals surface area contributed by atoms with Crippen molar-refractivity contribution < 1.29 is 14.6 Å². The van der Waals surface area contributed by atoms with Crippen LogP contribution in [0.25, 0.3) is 21.3 Å². The Balaban J connectivity index is 1.85. The van der Waals surface area contributed by atoms with Crippen molar-refractivity contribution in [3.8, 4) is 16.9 Å². The summed E-state index contributed by atoms with van der Waals surface area (Å²) in [5.74, 6) is 0.867. The molecule has 1 aliphatic carbocycles. The summed E-state index contributed by atoms with van der Waals surface area (Å²) in [5.41, 5.74) is 3.55. The average Bonchev–Trinajstić information content (AvgIpc) is 3.08. The van der Waals surface area contributed by atoms with Gasteiger partial charge in [0.15, 0.2) is 11.9 Å². The molecule has 1 atom stereocenters.